The number of nitrogens with two attached hydrogens (primary N) is 1. The van der Waals surface area contributed by atoms with Crippen molar-refractivity contribution in [2.24, 2.45) is 0 Å². The fraction of sp³-hybridized carbons (Fsp3) is 0.286. The summed E-state index contributed by atoms with van der Waals surface area (Å²) >= 11 is 0. The highest BCUT2D eigenvalue weighted by atomic mass is 16.5. The molecule has 0 saturated heterocycles. The summed E-state index contributed by atoms with van der Waals surface area (Å²) in [6, 6.07) is 20.6. The Bertz CT molecular complexity index is 1460. The molecule has 3 aromatic carbocycles. The molecule has 0 bridgehead atoms. The topological polar surface area (TPSA) is 117 Å². The van der Waals surface area contributed by atoms with Crippen molar-refractivity contribution in [2.75, 3.05) is 37.3 Å². The molecule has 0 aliphatic carbocycles. The molecule has 0 aliphatic rings. The monoisotopic (exact) mass is 483 g/mol. The zero-order valence-electron chi connectivity index (χ0n) is 21.0. The summed E-state index contributed by atoms with van der Waals surface area (Å²) in [5.74, 6) is 2.00. The van der Waals surface area contributed by atoms with E-state index in [1.165, 1.54) is 5.56 Å². The lowest BCUT2D eigenvalue weighted by Crippen LogP contribution is -2.26. The molecule has 0 fully saturated rings. The first kappa shape index (κ1) is 23.7. The van der Waals surface area contributed by atoms with Crippen LogP contribution in [-0.2, 0) is 5.41 Å². The number of nitrogens with zero attached hydrogens (tertiary/aromatic N) is 2. The standard InChI is InChI=1S/C28H33N7O/c1-28(2,3)19-12-10-18(11-13-19)26-32-21-7-4-6-20(24(21)34-26)31-15-14-30-16-17-36-23-9-5-8-22-25(23)35-27(29)33-22/h4-13,30-31H,14-17H2,1-3H3,(H,32,34)(H3,29,33,35). The number of rotatable bonds is 9. The van der Waals surface area contributed by atoms with Gasteiger partial charge in [-0.15, -0.1) is 0 Å². The van der Waals surface area contributed by atoms with E-state index in [1.807, 2.05) is 24.3 Å². The first-order valence-corrected chi connectivity index (χ1v) is 12.3. The van der Waals surface area contributed by atoms with Crippen LogP contribution in [0, 0.1) is 0 Å². The summed E-state index contributed by atoms with van der Waals surface area (Å²) in [7, 11) is 0. The molecule has 0 aliphatic heterocycles. The van der Waals surface area contributed by atoms with E-state index in [9.17, 15) is 0 Å². The van der Waals surface area contributed by atoms with Gasteiger partial charge in [0.05, 0.1) is 16.7 Å². The lowest BCUT2D eigenvalue weighted by atomic mass is 9.87. The fourth-order valence-corrected chi connectivity index (χ4v) is 4.22. The predicted molar refractivity (Wildman–Crippen MR) is 148 cm³/mol. The molecule has 6 N–H and O–H groups in total. The van der Waals surface area contributed by atoms with Crippen LogP contribution in [0.25, 0.3) is 33.5 Å². The molecular weight excluding hydrogens is 450 g/mol. The van der Waals surface area contributed by atoms with Crippen LogP contribution in [0.4, 0.5) is 11.6 Å². The van der Waals surface area contributed by atoms with Gasteiger partial charge in [-0.25, -0.2) is 9.97 Å². The van der Waals surface area contributed by atoms with E-state index < -0.39 is 0 Å². The highest BCUT2D eigenvalue weighted by molar-refractivity contribution is 5.90. The summed E-state index contributed by atoms with van der Waals surface area (Å²) in [5.41, 5.74) is 12.9. The molecule has 8 heteroatoms. The Kier molecular flexibility index (Phi) is 6.52. The van der Waals surface area contributed by atoms with E-state index in [1.54, 1.807) is 0 Å². The van der Waals surface area contributed by atoms with Crippen LogP contribution in [0.15, 0.2) is 60.7 Å². The van der Waals surface area contributed by atoms with E-state index >= 15 is 0 Å². The lowest BCUT2D eigenvalue weighted by Gasteiger charge is -2.18. The molecule has 36 heavy (non-hydrogen) atoms. The lowest BCUT2D eigenvalue weighted by molar-refractivity contribution is 0.318. The van der Waals surface area contributed by atoms with Gasteiger partial charge in [0.25, 0.3) is 0 Å². The quantitative estimate of drug-likeness (QED) is 0.187. The van der Waals surface area contributed by atoms with Crippen LogP contribution in [0.2, 0.25) is 0 Å². The molecule has 8 nitrogen and oxygen atoms in total. The highest BCUT2D eigenvalue weighted by Crippen LogP contribution is 2.28. The minimum atomic E-state index is 0.131. The van der Waals surface area contributed by atoms with Crippen molar-refractivity contribution >= 4 is 33.7 Å². The van der Waals surface area contributed by atoms with E-state index in [-0.39, 0.29) is 5.41 Å². The van der Waals surface area contributed by atoms with Crippen LogP contribution in [0.3, 0.4) is 0 Å². The largest absolute Gasteiger partial charge is 0.490 e. The maximum Gasteiger partial charge on any atom is 0.198 e. The van der Waals surface area contributed by atoms with Crippen LogP contribution in [0.1, 0.15) is 26.3 Å². The van der Waals surface area contributed by atoms with Crippen molar-refractivity contribution < 1.29 is 4.74 Å². The van der Waals surface area contributed by atoms with Crippen molar-refractivity contribution in [1.29, 1.82) is 0 Å². The third-order valence-electron chi connectivity index (χ3n) is 6.18. The Labute approximate surface area is 210 Å². The van der Waals surface area contributed by atoms with Crippen LogP contribution in [-0.4, -0.2) is 46.2 Å². The number of nitrogen functional groups attached to an aromatic ring is 1. The number of benzene rings is 3. The first-order chi connectivity index (χ1) is 17.4. The second-order valence-electron chi connectivity index (χ2n) is 9.91. The minimum Gasteiger partial charge on any atom is -0.490 e. The zero-order valence-corrected chi connectivity index (χ0v) is 21.0. The number of aromatic amines is 2. The number of hydrogen-bond acceptors (Lipinski definition) is 6. The molecule has 0 amide bonds. The average Bonchev–Trinajstić information content (AvgIpc) is 3.46. The maximum atomic E-state index is 5.89. The molecule has 0 unspecified atom stereocenters. The fourth-order valence-electron chi connectivity index (χ4n) is 4.22. The van der Waals surface area contributed by atoms with Gasteiger partial charge in [-0.1, -0.05) is 57.2 Å². The zero-order chi connectivity index (χ0) is 25.1. The van der Waals surface area contributed by atoms with Gasteiger partial charge in [0.2, 0.25) is 0 Å². The van der Waals surface area contributed by atoms with Gasteiger partial charge < -0.3 is 31.1 Å². The Morgan fingerprint density at radius 2 is 1.58 bits per heavy atom. The number of hydrogen-bond donors (Lipinski definition) is 5. The predicted octanol–water partition coefficient (Wildman–Crippen LogP) is 5.07. The number of para-hydroxylation sites is 2. The van der Waals surface area contributed by atoms with Crippen molar-refractivity contribution in [1.82, 2.24) is 25.3 Å². The van der Waals surface area contributed by atoms with Crippen molar-refractivity contribution in [2.45, 2.75) is 26.2 Å². The number of ether oxygens (including phenoxy) is 1. The second kappa shape index (κ2) is 9.91. The second-order valence-corrected chi connectivity index (χ2v) is 9.91. The number of fused-ring (bicyclic) bond motifs is 2. The summed E-state index contributed by atoms with van der Waals surface area (Å²) in [6.45, 7) is 9.50. The van der Waals surface area contributed by atoms with Gasteiger partial charge in [0.1, 0.15) is 29.2 Å². The molecule has 186 valence electrons. The van der Waals surface area contributed by atoms with E-state index in [4.69, 9.17) is 15.5 Å². The molecule has 2 aromatic heterocycles. The minimum absolute atomic E-state index is 0.131. The summed E-state index contributed by atoms with van der Waals surface area (Å²) in [6.07, 6.45) is 0. The molecule has 5 aromatic rings. The first-order valence-electron chi connectivity index (χ1n) is 12.3. The molecule has 0 spiro atoms. The average molecular weight is 484 g/mol. The third-order valence-corrected chi connectivity index (χ3v) is 6.18. The number of anilines is 2. The highest BCUT2D eigenvalue weighted by Gasteiger charge is 2.14. The molecule has 2 heterocycles. The molecule has 0 radical (unpaired) electrons. The van der Waals surface area contributed by atoms with Crippen LogP contribution >= 0.6 is 0 Å². The SMILES string of the molecule is CC(C)(C)c1ccc(-c2nc3c(NCCNCCOc4cccc5[nH]c(N)nc45)cccc3[nH]2)cc1. The Hall–Kier alpha value is -4.04. The normalized spacial score (nSPS) is 11.9. The molecule has 0 atom stereocenters. The van der Waals surface area contributed by atoms with E-state index in [2.05, 4.69) is 82.8 Å². The van der Waals surface area contributed by atoms with Gasteiger partial charge in [0, 0.05) is 25.2 Å². The number of H-pyrrole nitrogens is 2. The molecular formula is C28H33N7O. The van der Waals surface area contributed by atoms with E-state index in [0.717, 1.165) is 64.5 Å². The summed E-state index contributed by atoms with van der Waals surface area (Å²) in [5, 5.41) is 6.91. The van der Waals surface area contributed by atoms with Crippen molar-refractivity contribution in [3.05, 3.63) is 66.2 Å². The number of imidazole rings is 2. The number of aromatic nitrogens is 4. The summed E-state index contributed by atoms with van der Waals surface area (Å²) in [4.78, 5) is 15.7. The summed E-state index contributed by atoms with van der Waals surface area (Å²) < 4.78 is 5.89. The maximum absolute atomic E-state index is 5.89. The van der Waals surface area contributed by atoms with Gasteiger partial charge in [-0.05, 0) is 35.2 Å². The van der Waals surface area contributed by atoms with Crippen LogP contribution < -0.4 is 21.1 Å². The molecule has 0 saturated carbocycles. The van der Waals surface area contributed by atoms with Gasteiger partial charge in [-0.2, -0.15) is 0 Å². The van der Waals surface area contributed by atoms with Gasteiger partial charge in [0.15, 0.2) is 5.95 Å². The van der Waals surface area contributed by atoms with E-state index in [0.29, 0.717) is 12.6 Å². The van der Waals surface area contributed by atoms with Gasteiger partial charge >= 0.3 is 0 Å². The Morgan fingerprint density at radius 3 is 2.36 bits per heavy atom. The Morgan fingerprint density at radius 1 is 0.833 bits per heavy atom. The third kappa shape index (κ3) is 5.13. The van der Waals surface area contributed by atoms with Crippen molar-refractivity contribution in [3.63, 3.8) is 0 Å². The Balaban J connectivity index is 1.13. The van der Waals surface area contributed by atoms with Gasteiger partial charge in [-0.3, -0.25) is 0 Å². The van der Waals surface area contributed by atoms with Crippen molar-refractivity contribution in [3.8, 4) is 17.1 Å². The smallest absolute Gasteiger partial charge is 0.198 e. The number of nitrogens with one attached hydrogen (secondary N) is 4. The molecule has 5 rings (SSSR count). The van der Waals surface area contributed by atoms with Crippen LogP contribution in [0.5, 0.6) is 5.75 Å².